The molecule has 0 heterocycles. The summed E-state index contributed by atoms with van der Waals surface area (Å²) in [5.41, 5.74) is 0.432. The number of carbonyl (C=O) groups is 4. The Labute approximate surface area is 148 Å². The minimum absolute atomic E-state index is 0.0151. The zero-order valence-corrected chi connectivity index (χ0v) is 14.1. The second-order valence-corrected chi connectivity index (χ2v) is 5.41. The summed E-state index contributed by atoms with van der Waals surface area (Å²) in [7, 11) is 0. The maximum Gasteiger partial charge on any atom is 0.338 e. The van der Waals surface area contributed by atoms with Crippen LogP contribution in [0.5, 0.6) is 0 Å². The molecule has 2 rings (SSSR count). The Morgan fingerprint density at radius 1 is 0.808 bits per heavy atom. The summed E-state index contributed by atoms with van der Waals surface area (Å²) >= 11 is 0. The van der Waals surface area contributed by atoms with Crippen LogP contribution in [0.2, 0.25) is 0 Å². The van der Waals surface area contributed by atoms with Crippen molar-refractivity contribution in [3.63, 3.8) is 0 Å². The van der Waals surface area contributed by atoms with E-state index in [0.29, 0.717) is 11.1 Å². The van der Waals surface area contributed by atoms with E-state index in [1.807, 2.05) is 0 Å². The van der Waals surface area contributed by atoms with E-state index in [4.69, 9.17) is 9.84 Å². The molecule has 0 aromatic heterocycles. The minimum Gasteiger partial charge on any atom is -0.478 e. The number of benzene rings is 2. The second kappa shape index (κ2) is 7.60. The van der Waals surface area contributed by atoms with Crippen LogP contribution in [0.25, 0.3) is 11.1 Å². The smallest absolute Gasteiger partial charge is 0.338 e. The molecule has 2 N–H and O–H groups in total. The third-order valence-corrected chi connectivity index (χ3v) is 3.71. The number of carboxylic acids is 2. The number of rotatable bonds is 6. The van der Waals surface area contributed by atoms with Crippen LogP contribution in [-0.2, 0) is 4.74 Å². The first-order chi connectivity index (χ1) is 12.3. The largest absolute Gasteiger partial charge is 0.478 e. The number of hydrogen-bond acceptors (Lipinski definition) is 5. The summed E-state index contributed by atoms with van der Waals surface area (Å²) in [5, 5.41) is 18.5. The van der Waals surface area contributed by atoms with Crippen molar-refractivity contribution in [3.05, 3.63) is 58.7 Å². The molecule has 0 aliphatic carbocycles. The molecule has 0 unspecified atom stereocenters. The van der Waals surface area contributed by atoms with E-state index in [9.17, 15) is 24.3 Å². The maximum atomic E-state index is 11.9. The predicted molar refractivity (Wildman–Crippen MR) is 91.8 cm³/mol. The number of ketones is 1. The third kappa shape index (κ3) is 3.77. The average molecular weight is 356 g/mol. The number of carbonyl (C=O) groups excluding carboxylic acids is 2. The quantitative estimate of drug-likeness (QED) is 0.603. The van der Waals surface area contributed by atoms with E-state index in [0.717, 1.165) is 0 Å². The fraction of sp³-hybridized carbons (Fsp3) is 0.158. The van der Waals surface area contributed by atoms with Gasteiger partial charge in [0.2, 0.25) is 0 Å². The van der Waals surface area contributed by atoms with Gasteiger partial charge in [-0.3, -0.25) is 4.79 Å². The van der Waals surface area contributed by atoms with Gasteiger partial charge in [-0.25, -0.2) is 14.4 Å². The van der Waals surface area contributed by atoms with E-state index < -0.39 is 23.7 Å². The molecule has 7 heteroatoms. The summed E-state index contributed by atoms with van der Waals surface area (Å²) in [4.78, 5) is 46.3. The molecule has 0 bridgehead atoms. The van der Waals surface area contributed by atoms with Crippen LogP contribution in [0.1, 0.15) is 55.3 Å². The van der Waals surface area contributed by atoms with Crippen molar-refractivity contribution in [1.82, 2.24) is 0 Å². The maximum absolute atomic E-state index is 11.9. The highest BCUT2D eigenvalue weighted by Crippen LogP contribution is 2.26. The predicted octanol–water partition coefficient (Wildman–Crippen LogP) is 3.13. The SMILES string of the molecule is CCOC(=O)c1ccc(-c2ccc(C(=O)O)c(C(C)=O)c2)cc1C(=O)O. The van der Waals surface area contributed by atoms with Crippen molar-refractivity contribution in [2.75, 3.05) is 6.61 Å². The number of esters is 1. The van der Waals surface area contributed by atoms with E-state index in [1.165, 1.54) is 43.3 Å². The summed E-state index contributed by atoms with van der Waals surface area (Å²) in [6.07, 6.45) is 0. The average Bonchev–Trinajstić information content (AvgIpc) is 2.60. The Hall–Kier alpha value is -3.48. The second-order valence-electron chi connectivity index (χ2n) is 5.41. The highest BCUT2D eigenvalue weighted by Gasteiger charge is 2.20. The first kappa shape index (κ1) is 18.9. The van der Waals surface area contributed by atoms with Gasteiger partial charge >= 0.3 is 17.9 Å². The molecule has 0 spiro atoms. The van der Waals surface area contributed by atoms with Gasteiger partial charge in [-0.05, 0) is 49.2 Å². The number of Topliss-reactive ketones (excluding diaryl/α,β-unsaturated/α-hetero) is 1. The Morgan fingerprint density at radius 3 is 1.77 bits per heavy atom. The molecule has 0 saturated carbocycles. The molecule has 2 aromatic carbocycles. The van der Waals surface area contributed by atoms with Crippen LogP contribution in [0.4, 0.5) is 0 Å². The molecule has 0 saturated heterocycles. The fourth-order valence-electron chi connectivity index (χ4n) is 2.49. The van der Waals surface area contributed by atoms with Gasteiger partial charge in [-0.1, -0.05) is 12.1 Å². The van der Waals surface area contributed by atoms with Crippen molar-refractivity contribution in [2.24, 2.45) is 0 Å². The lowest BCUT2D eigenvalue weighted by Gasteiger charge is -2.10. The molecule has 0 aliphatic heterocycles. The van der Waals surface area contributed by atoms with Crippen molar-refractivity contribution in [3.8, 4) is 11.1 Å². The minimum atomic E-state index is -1.30. The summed E-state index contributed by atoms with van der Waals surface area (Å²) < 4.78 is 4.84. The van der Waals surface area contributed by atoms with Crippen LogP contribution in [0.15, 0.2) is 36.4 Å². The van der Waals surface area contributed by atoms with Gasteiger partial charge < -0.3 is 14.9 Å². The van der Waals surface area contributed by atoms with Gasteiger partial charge in [0.15, 0.2) is 5.78 Å². The van der Waals surface area contributed by atoms with Gasteiger partial charge in [0.25, 0.3) is 0 Å². The molecule has 0 aliphatic rings. The first-order valence-electron chi connectivity index (χ1n) is 7.69. The van der Waals surface area contributed by atoms with Crippen LogP contribution < -0.4 is 0 Å². The number of ether oxygens (including phenoxy) is 1. The highest BCUT2D eigenvalue weighted by molar-refractivity contribution is 6.06. The standard InChI is InChI=1S/C19H16O7/c1-3-26-19(25)14-7-5-12(9-16(14)18(23)24)11-4-6-13(17(21)22)15(8-11)10(2)20/h4-9H,3H2,1-2H3,(H,21,22)(H,23,24). The molecular weight excluding hydrogens is 340 g/mol. The molecular formula is C19H16O7. The summed E-state index contributed by atoms with van der Waals surface area (Å²) in [6, 6.07) is 8.27. The Bertz CT molecular complexity index is 912. The van der Waals surface area contributed by atoms with E-state index in [-0.39, 0.29) is 28.9 Å². The highest BCUT2D eigenvalue weighted by atomic mass is 16.5. The normalized spacial score (nSPS) is 10.2. The zero-order valence-electron chi connectivity index (χ0n) is 14.1. The summed E-state index contributed by atoms with van der Waals surface area (Å²) in [6.45, 7) is 2.97. The Morgan fingerprint density at radius 2 is 1.31 bits per heavy atom. The van der Waals surface area contributed by atoms with Crippen LogP contribution in [0, 0.1) is 0 Å². The lowest BCUT2D eigenvalue weighted by atomic mass is 9.94. The van der Waals surface area contributed by atoms with Gasteiger partial charge in [0.05, 0.1) is 23.3 Å². The van der Waals surface area contributed by atoms with Crippen LogP contribution in [0.3, 0.4) is 0 Å². The van der Waals surface area contributed by atoms with E-state index in [2.05, 4.69) is 0 Å². The van der Waals surface area contributed by atoms with Gasteiger partial charge in [-0.2, -0.15) is 0 Å². The van der Waals surface area contributed by atoms with Crippen molar-refractivity contribution in [2.45, 2.75) is 13.8 Å². The lowest BCUT2D eigenvalue weighted by Crippen LogP contribution is -2.12. The van der Waals surface area contributed by atoms with Crippen molar-refractivity contribution < 1.29 is 34.1 Å². The van der Waals surface area contributed by atoms with Gasteiger partial charge in [0.1, 0.15) is 0 Å². The summed E-state index contributed by atoms with van der Waals surface area (Å²) in [5.74, 6) is -3.71. The first-order valence-corrected chi connectivity index (χ1v) is 7.69. The topological polar surface area (TPSA) is 118 Å². The van der Waals surface area contributed by atoms with Crippen molar-refractivity contribution >= 4 is 23.7 Å². The van der Waals surface area contributed by atoms with Crippen molar-refractivity contribution in [1.29, 1.82) is 0 Å². The fourth-order valence-corrected chi connectivity index (χ4v) is 2.49. The molecule has 0 atom stereocenters. The molecule has 7 nitrogen and oxygen atoms in total. The molecule has 0 radical (unpaired) electrons. The number of hydrogen-bond donors (Lipinski definition) is 2. The van der Waals surface area contributed by atoms with E-state index >= 15 is 0 Å². The third-order valence-electron chi connectivity index (χ3n) is 3.71. The Balaban J connectivity index is 2.59. The number of aromatic carboxylic acids is 2. The van der Waals surface area contributed by atoms with Crippen LogP contribution in [-0.4, -0.2) is 40.5 Å². The molecule has 134 valence electrons. The van der Waals surface area contributed by atoms with Gasteiger partial charge in [-0.15, -0.1) is 0 Å². The molecule has 2 aromatic rings. The van der Waals surface area contributed by atoms with Crippen LogP contribution >= 0.6 is 0 Å². The Kier molecular flexibility index (Phi) is 5.51. The van der Waals surface area contributed by atoms with E-state index in [1.54, 1.807) is 6.92 Å². The molecule has 0 fully saturated rings. The molecule has 0 amide bonds. The lowest BCUT2D eigenvalue weighted by molar-refractivity contribution is 0.0514. The monoisotopic (exact) mass is 356 g/mol. The van der Waals surface area contributed by atoms with Gasteiger partial charge in [0, 0.05) is 5.56 Å². The zero-order chi connectivity index (χ0) is 19.4. The number of carboxylic acid groups (broad SMARTS) is 2. The molecule has 26 heavy (non-hydrogen) atoms.